The number of aromatic nitrogens is 1. The third-order valence-corrected chi connectivity index (χ3v) is 4.48. The van der Waals surface area contributed by atoms with Crippen LogP contribution in [0.1, 0.15) is 13.3 Å². The molecule has 0 atom stereocenters. The summed E-state index contributed by atoms with van der Waals surface area (Å²) in [5.41, 5.74) is 3.35. The zero-order valence-electron chi connectivity index (χ0n) is 12.4. The second kappa shape index (κ2) is 6.95. The quantitative estimate of drug-likeness (QED) is 0.600. The lowest BCUT2D eigenvalue weighted by atomic mass is 10.2. The van der Waals surface area contributed by atoms with Crippen LogP contribution in [0.5, 0.6) is 0 Å². The topological polar surface area (TPSA) is 17.3 Å². The van der Waals surface area contributed by atoms with E-state index in [4.69, 9.17) is 16.6 Å². The molecule has 0 saturated carbocycles. The van der Waals surface area contributed by atoms with Crippen LogP contribution in [0.25, 0.3) is 11.3 Å². The minimum absolute atomic E-state index is 0.759. The standard InChI is InChI=1S/C18H17ClN2S/c1-2-12-21-17(14-8-10-15(19)11-9-14)13-22-18(21)20-16-6-4-3-5-7-16/h3-11,13H,2,12H2,1H3. The van der Waals surface area contributed by atoms with E-state index in [0.29, 0.717) is 0 Å². The molecule has 2 aromatic carbocycles. The number of thiazole rings is 1. The summed E-state index contributed by atoms with van der Waals surface area (Å²) in [6.45, 7) is 3.13. The SMILES string of the molecule is CCCn1c(-c2ccc(Cl)cc2)csc1=Nc1ccccc1. The molecule has 0 amide bonds. The number of nitrogens with zero attached hydrogens (tertiary/aromatic N) is 2. The number of hydrogen-bond acceptors (Lipinski definition) is 2. The van der Waals surface area contributed by atoms with Gasteiger partial charge >= 0.3 is 0 Å². The van der Waals surface area contributed by atoms with E-state index in [0.717, 1.165) is 28.5 Å². The number of hydrogen-bond donors (Lipinski definition) is 0. The van der Waals surface area contributed by atoms with Crippen molar-refractivity contribution in [3.8, 4) is 11.3 Å². The van der Waals surface area contributed by atoms with E-state index in [-0.39, 0.29) is 0 Å². The summed E-state index contributed by atoms with van der Waals surface area (Å²) in [6, 6.07) is 18.1. The van der Waals surface area contributed by atoms with Crippen LogP contribution in [0.3, 0.4) is 0 Å². The van der Waals surface area contributed by atoms with Gasteiger partial charge in [0.15, 0.2) is 4.80 Å². The second-order valence-electron chi connectivity index (χ2n) is 5.01. The van der Waals surface area contributed by atoms with E-state index in [9.17, 15) is 0 Å². The zero-order valence-corrected chi connectivity index (χ0v) is 13.9. The molecule has 4 heteroatoms. The van der Waals surface area contributed by atoms with Crippen molar-refractivity contribution in [3.05, 3.63) is 69.8 Å². The molecule has 3 rings (SSSR count). The first-order valence-electron chi connectivity index (χ1n) is 7.32. The zero-order chi connectivity index (χ0) is 15.4. The molecular weight excluding hydrogens is 312 g/mol. The van der Waals surface area contributed by atoms with Gasteiger partial charge < -0.3 is 4.57 Å². The first kappa shape index (κ1) is 15.1. The van der Waals surface area contributed by atoms with Crippen LogP contribution in [0.2, 0.25) is 5.02 Å². The van der Waals surface area contributed by atoms with Crippen molar-refractivity contribution in [1.29, 1.82) is 0 Å². The van der Waals surface area contributed by atoms with Crippen LogP contribution >= 0.6 is 22.9 Å². The van der Waals surface area contributed by atoms with Gasteiger partial charge in [0, 0.05) is 16.9 Å². The Morgan fingerprint density at radius 3 is 2.45 bits per heavy atom. The first-order valence-corrected chi connectivity index (χ1v) is 8.57. The molecule has 0 unspecified atom stereocenters. The van der Waals surface area contributed by atoms with Gasteiger partial charge in [-0.25, -0.2) is 4.99 Å². The Morgan fingerprint density at radius 1 is 1.05 bits per heavy atom. The molecule has 0 aliphatic rings. The van der Waals surface area contributed by atoms with Gasteiger partial charge in [-0.1, -0.05) is 48.9 Å². The minimum atomic E-state index is 0.759. The lowest BCUT2D eigenvalue weighted by Crippen LogP contribution is -2.15. The molecule has 0 saturated heterocycles. The Kier molecular flexibility index (Phi) is 4.76. The molecule has 2 nitrogen and oxygen atoms in total. The van der Waals surface area contributed by atoms with E-state index in [2.05, 4.69) is 29.0 Å². The molecule has 112 valence electrons. The summed E-state index contributed by atoms with van der Waals surface area (Å²) in [4.78, 5) is 5.80. The molecule has 22 heavy (non-hydrogen) atoms. The Balaban J connectivity index is 2.09. The number of halogens is 1. The lowest BCUT2D eigenvalue weighted by molar-refractivity contribution is 0.667. The molecule has 0 aliphatic carbocycles. The Labute approximate surface area is 139 Å². The maximum Gasteiger partial charge on any atom is 0.190 e. The molecule has 1 aromatic heterocycles. The van der Waals surface area contributed by atoms with Gasteiger partial charge in [0.1, 0.15) is 0 Å². The second-order valence-corrected chi connectivity index (χ2v) is 6.28. The van der Waals surface area contributed by atoms with Gasteiger partial charge in [-0.3, -0.25) is 0 Å². The van der Waals surface area contributed by atoms with Gasteiger partial charge in [0.2, 0.25) is 0 Å². The summed E-state index contributed by atoms with van der Waals surface area (Å²) >= 11 is 7.66. The Bertz CT molecular complexity index is 801. The summed E-state index contributed by atoms with van der Waals surface area (Å²) in [6.07, 6.45) is 1.07. The fourth-order valence-electron chi connectivity index (χ4n) is 2.32. The average Bonchev–Trinajstić information content (AvgIpc) is 2.92. The first-order chi connectivity index (χ1) is 10.8. The molecule has 1 heterocycles. The van der Waals surface area contributed by atoms with Crippen molar-refractivity contribution in [2.75, 3.05) is 0 Å². The lowest BCUT2D eigenvalue weighted by Gasteiger charge is -2.07. The van der Waals surface area contributed by atoms with Crippen molar-refractivity contribution in [1.82, 2.24) is 4.57 Å². The minimum Gasteiger partial charge on any atom is -0.316 e. The van der Waals surface area contributed by atoms with E-state index in [1.807, 2.05) is 42.5 Å². The summed E-state index contributed by atoms with van der Waals surface area (Å²) in [7, 11) is 0. The summed E-state index contributed by atoms with van der Waals surface area (Å²) in [5, 5.41) is 2.93. The molecule has 0 fully saturated rings. The van der Waals surface area contributed by atoms with E-state index in [1.54, 1.807) is 11.3 Å². The van der Waals surface area contributed by atoms with Crippen LogP contribution in [-0.4, -0.2) is 4.57 Å². The fourth-order valence-corrected chi connectivity index (χ4v) is 3.40. The van der Waals surface area contributed by atoms with Crippen molar-refractivity contribution in [2.45, 2.75) is 19.9 Å². The van der Waals surface area contributed by atoms with Gasteiger partial charge in [0.25, 0.3) is 0 Å². The smallest absolute Gasteiger partial charge is 0.190 e. The van der Waals surface area contributed by atoms with Crippen LogP contribution in [0.4, 0.5) is 5.69 Å². The maximum atomic E-state index is 5.99. The van der Waals surface area contributed by atoms with Crippen LogP contribution in [0.15, 0.2) is 65.0 Å². The highest BCUT2D eigenvalue weighted by Crippen LogP contribution is 2.23. The molecule has 0 aliphatic heterocycles. The van der Waals surface area contributed by atoms with Crippen molar-refractivity contribution < 1.29 is 0 Å². The third kappa shape index (κ3) is 3.32. The van der Waals surface area contributed by atoms with E-state index >= 15 is 0 Å². The van der Waals surface area contributed by atoms with Gasteiger partial charge in [-0.2, -0.15) is 0 Å². The van der Waals surface area contributed by atoms with Crippen LogP contribution in [-0.2, 0) is 6.54 Å². The van der Waals surface area contributed by atoms with Gasteiger partial charge in [-0.15, -0.1) is 11.3 Å². The summed E-state index contributed by atoms with van der Waals surface area (Å²) in [5.74, 6) is 0. The van der Waals surface area contributed by atoms with Gasteiger partial charge in [-0.05, 0) is 36.2 Å². The highest BCUT2D eigenvalue weighted by Gasteiger charge is 2.07. The Hall–Kier alpha value is -1.84. The predicted octanol–water partition coefficient (Wildman–Crippen LogP) is 5.51. The normalized spacial score (nSPS) is 11.8. The number of benzene rings is 2. The average molecular weight is 329 g/mol. The summed E-state index contributed by atoms with van der Waals surface area (Å²) < 4.78 is 2.28. The molecular formula is C18H17ClN2S. The Morgan fingerprint density at radius 2 is 1.77 bits per heavy atom. The largest absolute Gasteiger partial charge is 0.316 e. The number of para-hydroxylation sites is 1. The van der Waals surface area contributed by atoms with Crippen LogP contribution < -0.4 is 4.80 Å². The molecule has 0 bridgehead atoms. The number of rotatable bonds is 4. The van der Waals surface area contributed by atoms with Crippen molar-refractivity contribution in [2.24, 2.45) is 4.99 Å². The fraction of sp³-hybridized carbons (Fsp3) is 0.167. The monoisotopic (exact) mass is 328 g/mol. The third-order valence-electron chi connectivity index (χ3n) is 3.37. The maximum absolute atomic E-state index is 5.99. The van der Waals surface area contributed by atoms with Crippen molar-refractivity contribution in [3.63, 3.8) is 0 Å². The highest BCUT2D eigenvalue weighted by atomic mass is 35.5. The highest BCUT2D eigenvalue weighted by molar-refractivity contribution is 7.07. The van der Waals surface area contributed by atoms with E-state index < -0.39 is 0 Å². The molecule has 0 radical (unpaired) electrons. The van der Waals surface area contributed by atoms with Crippen molar-refractivity contribution >= 4 is 28.6 Å². The molecule has 0 N–H and O–H groups in total. The molecule has 3 aromatic rings. The predicted molar refractivity (Wildman–Crippen MR) is 94.7 cm³/mol. The molecule has 0 spiro atoms. The van der Waals surface area contributed by atoms with E-state index in [1.165, 1.54) is 11.3 Å². The van der Waals surface area contributed by atoms with Gasteiger partial charge in [0.05, 0.1) is 11.4 Å². The van der Waals surface area contributed by atoms with Crippen LogP contribution in [0, 0.1) is 0 Å².